The summed E-state index contributed by atoms with van der Waals surface area (Å²) in [5.41, 5.74) is 0. The van der Waals surface area contributed by atoms with Crippen LogP contribution < -0.4 is 6.15 Å². The predicted molar refractivity (Wildman–Crippen MR) is 62.6 cm³/mol. The van der Waals surface area contributed by atoms with Crippen molar-refractivity contribution in [1.29, 1.82) is 0 Å². The first-order valence-corrected chi connectivity index (χ1v) is 2.10. The van der Waals surface area contributed by atoms with Crippen LogP contribution in [0.4, 0.5) is 0 Å². The highest BCUT2D eigenvalue weighted by atomic mass is 32.3. The van der Waals surface area contributed by atoms with Crippen LogP contribution in [-0.4, -0.2) is 83.2 Å². The highest BCUT2D eigenvalue weighted by Gasteiger charge is 1.84. The van der Waals surface area contributed by atoms with E-state index in [2.05, 4.69) is 0 Å². The fourth-order valence-corrected chi connectivity index (χ4v) is 0. The van der Waals surface area contributed by atoms with Gasteiger partial charge in [0, 0.05) is 0 Å². The van der Waals surface area contributed by atoms with Crippen LogP contribution in [0, 0.1) is 0 Å². The molecule has 136 valence electrons. The van der Waals surface area contributed by atoms with Gasteiger partial charge in [-0.25, -0.2) is 0 Å². The van der Waals surface area contributed by atoms with Crippen LogP contribution in [0.3, 0.4) is 0 Å². The summed E-state index contributed by atoms with van der Waals surface area (Å²) in [6.45, 7) is 0. The quantitative estimate of drug-likeness (QED) is 0.362. The highest BCUT2D eigenvalue weighted by Crippen LogP contribution is 1.59. The molecule has 0 aliphatic rings. The molecule has 0 radical (unpaired) electrons. The van der Waals surface area contributed by atoms with Gasteiger partial charge < -0.3 is 71.9 Å². The third-order valence-corrected chi connectivity index (χ3v) is 0. The Morgan fingerprint density at radius 2 is 0.444 bits per heavy atom. The van der Waals surface area contributed by atoms with Crippen molar-refractivity contribution in [3.63, 3.8) is 0 Å². The number of hydrogen-bond donors (Lipinski definition) is 3. The molecule has 0 saturated carbocycles. The Balaban J connectivity index is -0.00000000103. The van der Waals surface area contributed by atoms with Crippen molar-refractivity contribution in [3.05, 3.63) is 0 Å². The van der Waals surface area contributed by atoms with Crippen molar-refractivity contribution in [3.8, 4) is 0 Å². The summed E-state index contributed by atoms with van der Waals surface area (Å²) in [4.78, 5) is 0. The van der Waals surface area contributed by atoms with E-state index in [0.717, 1.165) is 0 Å². The standard InChI is InChI=1S/H3N.H2O4S.12H2O/c;1-5(2,3)4;;;;;;;;;;;;/h1H3;(H2,1,2,3,4);12*1H2. The molecule has 0 aromatic rings. The van der Waals surface area contributed by atoms with Gasteiger partial charge in [0.15, 0.2) is 0 Å². The van der Waals surface area contributed by atoms with Crippen LogP contribution in [0.1, 0.15) is 0 Å². The summed E-state index contributed by atoms with van der Waals surface area (Å²) in [5, 5.41) is 0. The van der Waals surface area contributed by atoms with E-state index in [1.807, 2.05) is 0 Å². The third kappa shape index (κ3) is 7480. The predicted octanol–water partition coefficient (Wildman–Crippen LogP) is -10.4. The molecule has 0 spiro atoms. The van der Waals surface area contributed by atoms with Gasteiger partial charge in [-0.3, -0.25) is 9.11 Å². The average molecular weight is 331 g/mol. The minimum Gasteiger partial charge on any atom is -0.412 e. The molecule has 0 unspecified atom stereocenters. The fourth-order valence-electron chi connectivity index (χ4n) is 0. The second-order valence-corrected chi connectivity index (χ2v) is 1.34. The first-order chi connectivity index (χ1) is 2.00. The van der Waals surface area contributed by atoms with E-state index in [4.69, 9.17) is 17.5 Å². The van der Waals surface area contributed by atoms with Gasteiger partial charge in [0.05, 0.1) is 0 Å². The summed E-state index contributed by atoms with van der Waals surface area (Å²) in [6, 6.07) is 0. The smallest absolute Gasteiger partial charge is 0.394 e. The maximum absolute atomic E-state index is 8.74. The zero-order valence-electron chi connectivity index (χ0n) is 8.83. The average Bonchev–Trinajstić information content (AvgIpc) is 0.722. The van der Waals surface area contributed by atoms with E-state index in [9.17, 15) is 0 Å². The van der Waals surface area contributed by atoms with E-state index in [-0.39, 0.29) is 71.9 Å². The number of hydrogen-bond acceptors (Lipinski definition) is 3. The van der Waals surface area contributed by atoms with E-state index in [1.54, 1.807) is 0 Å². The lowest BCUT2D eigenvalue weighted by atomic mass is 14.0. The zero-order chi connectivity index (χ0) is 4.50. The van der Waals surface area contributed by atoms with Gasteiger partial charge in [-0.2, -0.15) is 8.42 Å². The van der Waals surface area contributed by atoms with Gasteiger partial charge in [-0.05, 0) is 0 Å². The monoisotopic (exact) mass is 331 g/mol. The summed E-state index contributed by atoms with van der Waals surface area (Å²) in [7, 11) is -4.67. The van der Waals surface area contributed by atoms with Crippen molar-refractivity contribution in [2.75, 3.05) is 0 Å². The van der Waals surface area contributed by atoms with Crippen LogP contribution in [0.25, 0.3) is 0 Å². The van der Waals surface area contributed by atoms with Crippen molar-refractivity contribution >= 4 is 10.4 Å². The summed E-state index contributed by atoms with van der Waals surface area (Å²) in [6.07, 6.45) is 0. The SMILES string of the molecule is N.O.O.O.O.O.O.O.O.O.O.O.O.O=S(=O)(O)O. The molecule has 0 saturated heterocycles. The van der Waals surface area contributed by atoms with Crippen LogP contribution in [0.2, 0.25) is 0 Å². The molecule has 0 heterocycles. The maximum atomic E-state index is 8.74. The van der Waals surface area contributed by atoms with Gasteiger partial charge in [0.1, 0.15) is 0 Å². The summed E-state index contributed by atoms with van der Waals surface area (Å²) >= 11 is 0. The first-order valence-electron chi connectivity index (χ1n) is 0.698. The van der Waals surface area contributed by atoms with Gasteiger partial charge in [0.25, 0.3) is 0 Å². The van der Waals surface area contributed by atoms with Gasteiger partial charge in [0.2, 0.25) is 0 Å². The van der Waals surface area contributed by atoms with E-state index < -0.39 is 10.4 Å². The normalized spacial score (nSPS) is 3.22. The van der Waals surface area contributed by atoms with Gasteiger partial charge in [-0.15, -0.1) is 0 Å². The molecule has 0 atom stereocenters. The Morgan fingerprint density at radius 1 is 0.444 bits per heavy atom. The molecule has 0 rings (SSSR count). The molecule has 29 N–H and O–H groups in total. The number of rotatable bonds is 0. The van der Waals surface area contributed by atoms with Gasteiger partial charge in [-0.1, -0.05) is 0 Å². The van der Waals surface area contributed by atoms with E-state index >= 15 is 0 Å². The third-order valence-electron chi connectivity index (χ3n) is 0. The Kier molecular flexibility index (Phi) is 3090. The lowest BCUT2D eigenvalue weighted by molar-refractivity contribution is 0.381. The van der Waals surface area contributed by atoms with Crippen molar-refractivity contribution in [2.24, 2.45) is 0 Å². The molecule has 0 aliphatic heterocycles. The van der Waals surface area contributed by atoms with Crippen LogP contribution in [0.5, 0.6) is 0 Å². The first kappa shape index (κ1) is 413. The second kappa shape index (κ2) is 135. The molecule has 0 aliphatic carbocycles. The zero-order valence-corrected chi connectivity index (χ0v) is 9.64. The molecule has 0 amide bonds. The highest BCUT2D eigenvalue weighted by molar-refractivity contribution is 7.79. The molecule has 18 heavy (non-hydrogen) atoms. The van der Waals surface area contributed by atoms with Crippen molar-refractivity contribution in [2.45, 2.75) is 0 Å². The Hall–Kier alpha value is -0.650. The van der Waals surface area contributed by atoms with Crippen LogP contribution >= 0.6 is 0 Å². The van der Waals surface area contributed by atoms with Gasteiger partial charge >= 0.3 is 10.4 Å². The Labute approximate surface area is 101 Å². The summed E-state index contributed by atoms with van der Waals surface area (Å²) < 4.78 is 31.6. The fraction of sp³-hybridized carbons (Fsp3) is 0. The topological polar surface area (TPSA) is 488 Å². The lowest BCUT2D eigenvalue weighted by Crippen LogP contribution is -1.89. The summed E-state index contributed by atoms with van der Waals surface area (Å²) in [5.74, 6) is 0. The second-order valence-electron chi connectivity index (χ2n) is 0.448. The van der Waals surface area contributed by atoms with Crippen molar-refractivity contribution < 1.29 is 83.2 Å². The largest absolute Gasteiger partial charge is 0.412 e. The Bertz CT molecular complexity index is 94.3. The van der Waals surface area contributed by atoms with Crippen molar-refractivity contribution in [1.82, 2.24) is 6.15 Å². The van der Waals surface area contributed by atoms with Crippen LogP contribution in [-0.2, 0) is 10.4 Å². The maximum Gasteiger partial charge on any atom is 0.394 e. The molecule has 0 bridgehead atoms. The molecule has 17 nitrogen and oxygen atoms in total. The Morgan fingerprint density at radius 3 is 0.444 bits per heavy atom. The van der Waals surface area contributed by atoms with E-state index in [0.29, 0.717) is 0 Å². The minimum absolute atomic E-state index is 0. The molecule has 0 fully saturated rings. The molecule has 18 heteroatoms. The van der Waals surface area contributed by atoms with Crippen LogP contribution in [0.15, 0.2) is 0 Å². The molecular weight excluding hydrogens is 302 g/mol. The molecular formula is H29NO16S. The van der Waals surface area contributed by atoms with E-state index in [1.165, 1.54) is 0 Å². The molecule has 0 aromatic heterocycles. The minimum atomic E-state index is -4.67. The molecule has 0 aromatic carbocycles. The lowest BCUT2D eigenvalue weighted by Gasteiger charge is -1.68.